The van der Waals surface area contributed by atoms with E-state index in [4.69, 9.17) is 5.14 Å². The van der Waals surface area contributed by atoms with E-state index in [1.54, 1.807) is 17.0 Å². The lowest BCUT2D eigenvalue weighted by atomic mass is 9.87. The Morgan fingerprint density at radius 1 is 0.750 bits per heavy atom. The number of primary sulfonamides is 1. The molecule has 0 spiro atoms. The third kappa shape index (κ3) is 10.6. The lowest BCUT2D eigenvalue weighted by Crippen LogP contribution is -2.38. The molecular weight excluding hydrogens is 736 g/mol. The van der Waals surface area contributed by atoms with Gasteiger partial charge < -0.3 is 15.1 Å². The molecule has 0 aliphatic carbocycles. The second-order valence-corrected chi connectivity index (χ2v) is 16.9. The normalized spacial score (nSPS) is 15.8. The quantitative estimate of drug-likeness (QED) is 0.145. The topological polar surface area (TPSA) is 113 Å². The summed E-state index contributed by atoms with van der Waals surface area (Å²) in [6.45, 7) is 4.59. The summed E-state index contributed by atoms with van der Waals surface area (Å²) in [6, 6.07) is 29.9. The maximum atomic E-state index is 13.7. The van der Waals surface area contributed by atoms with Crippen molar-refractivity contribution in [2.45, 2.75) is 69.4 Å². The van der Waals surface area contributed by atoms with Crippen molar-refractivity contribution in [1.29, 1.82) is 0 Å². The Balaban J connectivity index is 1.11. The molecule has 2 aliphatic rings. The predicted octanol–water partition coefficient (Wildman–Crippen LogP) is 7.56. The van der Waals surface area contributed by atoms with Crippen molar-refractivity contribution < 1.29 is 18.0 Å². The van der Waals surface area contributed by atoms with Gasteiger partial charge in [0.25, 0.3) is 5.91 Å². The zero-order chi connectivity index (χ0) is 36.5. The fourth-order valence-corrected chi connectivity index (χ4v) is 8.28. The SMILES string of the molecule is NS(=O)(=O)c1ccc(CN(Cc2cccc(-c3cccc(C(=O)N4CCC(CCCC5CCNCC5)CC4)c3)c2)C(=O)Cc2ccc(Br)cc2)cc1. The highest BCUT2D eigenvalue weighted by Gasteiger charge is 2.24. The highest BCUT2D eigenvalue weighted by atomic mass is 79.9. The number of carbonyl (C=O) groups excluding carboxylic acids is 2. The second kappa shape index (κ2) is 17.8. The summed E-state index contributed by atoms with van der Waals surface area (Å²) >= 11 is 3.46. The van der Waals surface area contributed by atoms with E-state index in [2.05, 4.69) is 27.3 Å². The van der Waals surface area contributed by atoms with Gasteiger partial charge in [0.1, 0.15) is 0 Å². The first-order chi connectivity index (χ1) is 25.1. The summed E-state index contributed by atoms with van der Waals surface area (Å²) < 4.78 is 24.5. The molecule has 0 radical (unpaired) electrons. The van der Waals surface area contributed by atoms with Crippen molar-refractivity contribution in [3.05, 3.63) is 124 Å². The molecule has 4 aromatic carbocycles. The lowest BCUT2D eigenvalue weighted by molar-refractivity contribution is -0.131. The van der Waals surface area contributed by atoms with E-state index in [1.807, 2.05) is 71.6 Å². The molecule has 0 atom stereocenters. The largest absolute Gasteiger partial charge is 0.339 e. The van der Waals surface area contributed by atoms with E-state index in [9.17, 15) is 18.0 Å². The van der Waals surface area contributed by atoms with Crippen molar-refractivity contribution >= 4 is 37.8 Å². The van der Waals surface area contributed by atoms with Gasteiger partial charge in [-0.3, -0.25) is 9.59 Å². The van der Waals surface area contributed by atoms with Crippen LogP contribution in [-0.2, 0) is 34.3 Å². The number of hydrogen-bond donors (Lipinski definition) is 2. The first kappa shape index (κ1) is 37.9. The first-order valence-electron chi connectivity index (χ1n) is 18.4. The highest BCUT2D eigenvalue weighted by Crippen LogP contribution is 2.28. The molecule has 0 saturated carbocycles. The van der Waals surface area contributed by atoms with Crippen molar-refractivity contribution in [3.8, 4) is 11.1 Å². The molecule has 6 rings (SSSR count). The Labute approximate surface area is 317 Å². The summed E-state index contributed by atoms with van der Waals surface area (Å²) in [5.41, 5.74) is 5.25. The lowest BCUT2D eigenvalue weighted by Gasteiger charge is -2.32. The van der Waals surface area contributed by atoms with E-state index in [0.29, 0.717) is 24.6 Å². The second-order valence-electron chi connectivity index (χ2n) is 14.4. The standard InChI is InChI=1S/C42H49BrN4O4S/c43-39-14-10-33(11-15-39)27-41(48)47(29-34-12-16-40(17-13-34)52(44,50)51)30-35-6-2-7-36(26-35)37-8-3-9-38(28-37)42(49)46-24-20-32(21-25-46)5-1-4-31-18-22-45-23-19-31/h2-3,6-17,26,28,31-32,45H,1,4-5,18-25,27,29-30H2,(H2,44,50,51). The fraction of sp³-hybridized carbons (Fsp3) is 0.381. The number of rotatable bonds is 13. The monoisotopic (exact) mass is 784 g/mol. The number of likely N-dealkylation sites (tertiary alicyclic amines) is 1. The van der Waals surface area contributed by atoms with E-state index in [1.165, 1.54) is 44.2 Å². The van der Waals surface area contributed by atoms with Crippen molar-refractivity contribution in [2.75, 3.05) is 26.2 Å². The summed E-state index contributed by atoms with van der Waals surface area (Å²) in [7, 11) is -3.82. The molecule has 0 aromatic heterocycles. The number of benzene rings is 4. The van der Waals surface area contributed by atoms with Crippen LogP contribution in [0.4, 0.5) is 0 Å². The van der Waals surface area contributed by atoms with Gasteiger partial charge in [0.2, 0.25) is 15.9 Å². The van der Waals surface area contributed by atoms with Gasteiger partial charge in [-0.2, -0.15) is 0 Å². The molecule has 2 fully saturated rings. The zero-order valence-electron chi connectivity index (χ0n) is 29.7. The van der Waals surface area contributed by atoms with E-state index >= 15 is 0 Å². The molecule has 3 N–H and O–H groups in total. The van der Waals surface area contributed by atoms with Gasteiger partial charge in [0.05, 0.1) is 11.3 Å². The van der Waals surface area contributed by atoms with Gasteiger partial charge in [-0.15, -0.1) is 0 Å². The zero-order valence-corrected chi connectivity index (χ0v) is 32.1. The average Bonchev–Trinajstić information content (AvgIpc) is 3.16. The van der Waals surface area contributed by atoms with Crippen molar-refractivity contribution in [3.63, 3.8) is 0 Å². The van der Waals surface area contributed by atoms with Crippen LogP contribution in [0.3, 0.4) is 0 Å². The van der Waals surface area contributed by atoms with Crippen LogP contribution >= 0.6 is 15.9 Å². The Hall–Kier alpha value is -3.83. The number of carbonyl (C=O) groups is 2. The Morgan fingerprint density at radius 3 is 2.02 bits per heavy atom. The number of halogens is 1. The maximum Gasteiger partial charge on any atom is 0.253 e. The van der Waals surface area contributed by atoms with E-state index < -0.39 is 10.0 Å². The number of hydrogen-bond acceptors (Lipinski definition) is 5. The number of piperidine rings is 2. The summed E-state index contributed by atoms with van der Waals surface area (Å²) in [5, 5.41) is 8.76. The van der Waals surface area contributed by atoms with Gasteiger partial charge in [-0.25, -0.2) is 13.6 Å². The molecule has 274 valence electrons. The molecule has 10 heteroatoms. The Bertz CT molecular complexity index is 1920. The fourth-order valence-electron chi connectivity index (χ4n) is 7.50. The molecular formula is C42H49BrN4O4S. The molecule has 0 bridgehead atoms. The minimum absolute atomic E-state index is 0.0280. The van der Waals surface area contributed by atoms with Gasteiger partial charge in [0.15, 0.2) is 0 Å². The van der Waals surface area contributed by atoms with Crippen molar-refractivity contribution in [2.24, 2.45) is 17.0 Å². The van der Waals surface area contributed by atoms with Crippen molar-refractivity contribution in [1.82, 2.24) is 15.1 Å². The summed E-state index contributed by atoms with van der Waals surface area (Å²) in [6.07, 6.45) is 8.91. The minimum atomic E-state index is -3.82. The molecule has 2 amide bonds. The molecule has 8 nitrogen and oxygen atoms in total. The maximum absolute atomic E-state index is 13.7. The predicted molar refractivity (Wildman–Crippen MR) is 210 cm³/mol. The number of sulfonamides is 1. The molecule has 2 heterocycles. The van der Waals surface area contributed by atoms with Crippen LogP contribution in [0.25, 0.3) is 11.1 Å². The minimum Gasteiger partial charge on any atom is -0.339 e. The van der Waals surface area contributed by atoms with Gasteiger partial charge >= 0.3 is 0 Å². The molecule has 0 unspecified atom stereocenters. The van der Waals surface area contributed by atoms with Crippen LogP contribution in [0.15, 0.2) is 106 Å². The Kier molecular flexibility index (Phi) is 13.0. The van der Waals surface area contributed by atoms with Gasteiger partial charge in [-0.1, -0.05) is 89.8 Å². The average molecular weight is 786 g/mol. The third-order valence-electron chi connectivity index (χ3n) is 10.6. The first-order valence-corrected chi connectivity index (χ1v) is 20.8. The third-order valence-corrected chi connectivity index (χ3v) is 12.0. The number of nitrogens with one attached hydrogen (secondary N) is 1. The van der Waals surface area contributed by atoms with Crippen LogP contribution in [0.1, 0.15) is 72.0 Å². The summed E-state index contributed by atoms with van der Waals surface area (Å²) in [5.74, 6) is 1.62. The van der Waals surface area contributed by atoms with Crippen LogP contribution in [0.5, 0.6) is 0 Å². The highest BCUT2D eigenvalue weighted by molar-refractivity contribution is 9.10. The van der Waals surface area contributed by atoms with Gasteiger partial charge in [-0.05, 0) is 121 Å². The molecule has 52 heavy (non-hydrogen) atoms. The van der Waals surface area contributed by atoms with Gasteiger partial charge in [0, 0.05) is 36.2 Å². The molecule has 4 aromatic rings. The summed E-state index contributed by atoms with van der Waals surface area (Å²) in [4.78, 5) is 31.2. The smallest absolute Gasteiger partial charge is 0.253 e. The van der Waals surface area contributed by atoms with Crippen LogP contribution in [-0.4, -0.2) is 56.2 Å². The van der Waals surface area contributed by atoms with Crippen LogP contribution in [0.2, 0.25) is 0 Å². The number of nitrogens with zero attached hydrogens (tertiary/aromatic N) is 2. The molecule has 2 aliphatic heterocycles. The van der Waals surface area contributed by atoms with Crippen LogP contribution < -0.4 is 10.5 Å². The number of amides is 2. The Morgan fingerprint density at radius 2 is 1.35 bits per heavy atom. The van der Waals surface area contributed by atoms with E-state index in [0.717, 1.165) is 77.2 Å². The van der Waals surface area contributed by atoms with E-state index in [-0.39, 0.29) is 23.1 Å². The number of nitrogens with two attached hydrogens (primary N) is 1. The van der Waals surface area contributed by atoms with Crippen LogP contribution in [0, 0.1) is 11.8 Å². The molecule has 2 saturated heterocycles.